The van der Waals surface area contributed by atoms with Gasteiger partial charge in [-0.05, 0) is 57.8 Å². The fraction of sp³-hybridized carbons (Fsp3) is 0.760. The van der Waals surface area contributed by atoms with Gasteiger partial charge in [0.2, 0.25) is 0 Å². The molecule has 0 aromatic rings. The van der Waals surface area contributed by atoms with Crippen LogP contribution in [0.3, 0.4) is 0 Å². The van der Waals surface area contributed by atoms with E-state index in [2.05, 4.69) is 74.6 Å². The van der Waals surface area contributed by atoms with Crippen LogP contribution in [0.25, 0.3) is 0 Å². The Hall–Kier alpha value is -2.80. The number of allylic oxidation sites excluding steroid dienone is 10. The first-order chi connectivity index (χ1) is 31.5. The molecule has 0 amide bonds. The maximum absolute atomic E-state index is 13.0. The molecule has 0 bridgehead atoms. The molecule has 0 aliphatic carbocycles. The Kier molecular flexibility index (Phi) is 33.4. The Labute approximate surface area is 388 Å². The average molecular weight is 925 g/mol. The molecule has 11 unspecified atom stereocenters. The van der Waals surface area contributed by atoms with Crippen LogP contribution in [0.4, 0.5) is 0 Å². The van der Waals surface area contributed by atoms with E-state index in [1.807, 2.05) is 0 Å². The van der Waals surface area contributed by atoms with Crippen molar-refractivity contribution in [3.63, 3.8) is 0 Å². The van der Waals surface area contributed by atoms with Gasteiger partial charge in [-0.15, -0.1) is 0 Å². The first-order valence-electron chi connectivity index (χ1n) is 24.4. The molecule has 374 valence electrons. The molecule has 11 atom stereocenters. The van der Waals surface area contributed by atoms with E-state index in [1.165, 1.54) is 38.5 Å². The van der Waals surface area contributed by atoms with Gasteiger partial charge in [0.05, 0.1) is 19.8 Å². The Morgan fingerprint density at radius 1 is 0.508 bits per heavy atom. The minimum Gasteiger partial charge on any atom is -0.462 e. The monoisotopic (exact) mass is 925 g/mol. The van der Waals surface area contributed by atoms with Crippen LogP contribution >= 0.6 is 0 Å². The number of hydrogen-bond donors (Lipinski definition) is 7. The number of aliphatic hydroxyl groups is 7. The van der Waals surface area contributed by atoms with E-state index in [1.54, 1.807) is 0 Å². The fourth-order valence-electron chi connectivity index (χ4n) is 7.24. The Morgan fingerprint density at radius 3 is 1.52 bits per heavy atom. The van der Waals surface area contributed by atoms with Crippen molar-refractivity contribution in [2.75, 3.05) is 26.4 Å². The number of carbonyl (C=O) groups is 2. The third-order valence-electron chi connectivity index (χ3n) is 11.3. The van der Waals surface area contributed by atoms with Gasteiger partial charge >= 0.3 is 11.9 Å². The summed E-state index contributed by atoms with van der Waals surface area (Å²) in [6, 6.07) is 0. The SMILES string of the molecule is CC/C=C\C/C=C\C/C=C\C/C=C\C/C=C\CCCCCC(=O)OC(COC(=O)CCCCCCCCCCCC)COC1OC(COC2OC(CO)C(O)C(O)C2O)C(O)C(O)C1O. The first-order valence-corrected chi connectivity index (χ1v) is 24.4. The highest BCUT2D eigenvalue weighted by Gasteiger charge is 2.47. The van der Waals surface area contributed by atoms with Gasteiger partial charge in [0, 0.05) is 12.8 Å². The summed E-state index contributed by atoms with van der Waals surface area (Å²) in [5, 5.41) is 71.9. The maximum Gasteiger partial charge on any atom is 0.306 e. The summed E-state index contributed by atoms with van der Waals surface area (Å²) in [5.74, 6) is -0.968. The number of ether oxygens (including phenoxy) is 6. The minimum absolute atomic E-state index is 0.125. The number of hydrogen-bond acceptors (Lipinski definition) is 15. The molecule has 0 saturated carbocycles. The number of unbranched alkanes of at least 4 members (excludes halogenated alkanes) is 12. The van der Waals surface area contributed by atoms with Crippen LogP contribution in [0.5, 0.6) is 0 Å². The van der Waals surface area contributed by atoms with Crippen molar-refractivity contribution < 1.29 is 73.8 Å². The lowest BCUT2D eigenvalue weighted by molar-refractivity contribution is -0.332. The zero-order valence-electron chi connectivity index (χ0n) is 39.2. The van der Waals surface area contributed by atoms with Crippen LogP contribution in [-0.2, 0) is 38.0 Å². The van der Waals surface area contributed by atoms with Crippen molar-refractivity contribution in [3.8, 4) is 0 Å². The highest BCUT2D eigenvalue weighted by atomic mass is 16.7. The van der Waals surface area contributed by atoms with Gasteiger partial charge in [-0.25, -0.2) is 0 Å². The molecule has 0 radical (unpaired) electrons. The second-order valence-electron chi connectivity index (χ2n) is 16.9. The van der Waals surface area contributed by atoms with Crippen LogP contribution in [0.15, 0.2) is 60.8 Å². The number of rotatable bonds is 36. The fourth-order valence-corrected chi connectivity index (χ4v) is 7.24. The third-order valence-corrected chi connectivity index (χ3v) is 11.3. The Bertz CT molecular complexity index is 1370. The molecule has 2 saturated heterocycles. The Balaban J connectivity index is 1.84. The van der Waals surface area contributed by atoms with Crippen molar-refractivity contribution in [1.29, 1.82) is 0 Å². The highest BCUT2D eigenvalue weighted by Crippen LogP contribution is 2.26. The second kappa shape index (κ2) is 37.2. The molecule has 15 nitrogen and oxygen atoms in total. The van der Waals surface area contributed by atoms with Crippen LogP contribution in [0.1, 0.15) is 149 Å². The third kappa shape index (κ3) is 25.8. The normalized spacial score (nSPS) is 26.9. The summed E-state index contributed by atoms with van der Waals surface area (Å²) in [5.41, 5.74) is 0. The van der Waals surface area contributed by atoms with Crippen LogP contribution in [-0.4, -0.2) is 142 Å². The largest absolute Gasteiger partial charge is 0.462 e. The average Bonchev–Trinajstić information content (AvgIpc) is 3.30. The summed E-state index contributed by atoms with van der Waals surface area (Å²) in [4.78, 5) is 25.6. The van der Waals surface area contributed by atoms with E-state index >= 15 is 0 Å². The highest BCUT2D eigenvalue weighted by molar-refractivity contribution is 5.70. The molecule has 2 rings (SSSR count). The van der Waals surface area contributed by atoms with E-state index in [0.717, 1.165) is 70.6 Å². The number of aliphatic hydroxyl groups excluding tert-OH is 7. The quantitative estimate of drug-likeness (QED) is 0.0214. The zero-order valence-corrected chi connectivity index (χ0v) is 39.2. The van der Waals surface area contributed by atoms with Crippen LogP contribution < -0.4 is 0 Å². The predicted molar refractivity (Wildman–Crippen MR) is 247 cm³/mol. The van der Waals surface area contributed by atoms with Gasteiger partial charge in [0.1, 0.15) is 55.4 Å². The lowest BCUT2D eigenvalue weighted by atomic mass is 9.98. The summed E-state index contributed by atoms with van der Waals surface area (Å²) in [7, 11) is 0. The molecule has 0 spiro atoms. The summed E-state index contributed by atoms with van der Waals surface area (Å²) >= 11 is 0. The number of esters is 2. The van der Waals surface area contributed by atoms with E-state index in [9.17, 15) is 45.3 Å². The minimum atomic E-state index is -1.77. The van der Waals surface area contributed by atoms with E-state index in [0.29, 0.717) is 12.8 Å². The van der Waals surface area contributed by atoms with Crippen molar-refractivity contribution in [2.24, 2.45) is 0 Å². The molecule has 2 aliphatic heterocycles. The van der Waals surface area contributed by atoms with E-state index in [4.69, 9.17) is 28.4 Å². The molecule has 2 heterocycles. The van der Waals surface area contributed by atoms with Gasteiger partial charge in [-0.1, -0.05) is 139 Å². The van der Waals surface area contributed by atoms with Crippen molar-refractivity contribution in [1.82, 2.24) is 0 Å². The number of carbonyl (C=O) groups excluding carboxylic acids is 2. The summed E-state index contributed by atoms with van der Waals surface area (Å²) < 4.78 is 33.4. The zero-order chi connectivity index (χ0) is 47.5. The van der Waals surface area contributed by atoms with E-state index < -0.39 is 99.3 Å². The smallest absolute Gasteiger partial charge is 0.306 e. The maximum atomic E-state index is 13.0. The molecule has 15 heteroatoms. The van der Waals surface area contributed by atoms with Gasteiger partial charge in [0.15, 0.2) is 18.7 Å². The summed E-state index contributed by atoms with van der Waals surface area (Å²) in [6.07, 6.45) is 24.0. The van der Waals surface area contributed by atoms with Crippen LogP contribution in [0.2, 0.25) is 0 Å². The first kappa shape index (κ1) is 58.3. The molecular weight excluding hydrogens is 841 g/mol. The Morgan fingerprint density at radius 2 is 0.969 bits per heavy atom. The van der Waals surface area contributed by atoms with Crippen LogP contribution in [0, 0.1) is 0 Å². The standard InChI is InChI=1S/C50H84O15/c1-3-5-7-9-11-13-15-16-17-18-19-20-21-22-23-25-27-29-31-33-42(53)63-38(35-60-41(52)32-30-28-26-24-14-12-10-8-6-4-2)36-61-49-48(59)46(57)44(55)40(65-49)37-62-50-47(58)45(56)43(54)39(34-51)64-50/h5,7,11,13,16-17,19-20,22-23,38-40,43-51,54-59H,3-4,6,8-10,12,14-15,18,21,24-37H2,1-2H3/b7-5-,13-11-,17-16-,20-19-,23-22-. The van der Waals surface area contributed by atoms with Gasteiger partial charge in [0.25, 0.3) is 0 Å². The van der Waals surface area contributed by atoms with Crippen molar-refractivity contribution >= 4 is 11.9 Å². The molecule has 2 aliphatic rings. The lowest BCUT2D eigenvalue weighted by Crippen LogP contribution is -2.61. The molecule has 0 aromatic heterocycles. The van der Waals surface area contributed by atoms with Gasteiger partial charge in [-0.2, -0.15) is 0 Å². The molecular formula is C50H84O15. The summed E-state index contributed by atoms with van der Waals surface area (Å²) in [6.45, 7) is 2.40. The molecule has 2 fully saturated rings. The van der Waals surface area contributed by atoms with Crippen molar-refractivity contribution in [3.05, 3.63) is 60.8 Å². The van der Waals surface area contributed by atoms with Gasteiger partial charge in [-0.3, -0.25) is 9.59 Å². The molecule has 7 N–H and O–H groups in total. The topological polar surface area (TPSA) is 231 Å². The second-order valence-corrected chi connectivity index (χ2v) is 16.9. The lowest BCUT2D eigenvalue weighted by Gasteiger charge is -2.42. The predicted octanol–water partition coefficient (Wildman–Crippen LogP) is 6.10. The molecule has 65 heavy (non-hydrogen) atoms. The van der Waals surface area contributed by atoms with E-state index in [-0.39, 0.29) is 19.4 Å². The molecule has 0 aromatic carbocycles. The van der Waals surface area contributed by atoms with Gasteiger partial charge < -0.3 is 64.2 Å². The van der Waals surface area contributed by atoms with Crippen molar-refractivity contribution in [2.45, 2.75) is 216 Å².